The van der Waals surface area contributed by atoms with Gasteiger partial charge in [-0.2, -0.15) is 0 Å². The first-order valence-corrected chi connectivity index (χ1v) is 7.68. The van der Waals surface area contributed by atoms with Crippen LogP contribution >= 0.6 is 0 Å². The number of ether oxygens (including phenoxy) is 1. The van der Waals surface area contributed by atoms with E-state index in [2.05, 4.69) is 47.3 Å². The minimum atomic E-state index is 0.764. The normalized spacial score (nSPS) is 12.9. The van der Waals surface area contributed by atoms with Crippen LogP contribution in [0.15, 0.2) is 24.5 Å². The highest BCUT2D eigenvalue weighted by Crippen LogP contribution is 2.38. The molecule has 0 amide bonds. The summed E-state index contributed by atoms with van der Waals surface area (Å²) in [5.41, 5.74) is 4.56. The smallest absolute Gasteiger partial charge is 0.133 e. The first kappa shape index (κ1) is 13.9. The third kappa shape index (κ3) is 2.58. The monoisotopic (exact) mass is 283 g/mol. The van der Waals surface area contributed by atoms with Crippen LogP contribution in [-0.2, 0) is 12.8 Å². The molecule has 0 spiro atoms. The van der Waals surface area contributed by atoms with Crippen molar-refractivity contribution in [3.05, 3.63) is 35.7 Å². The SMILES string of the molecule is CCCc1c(NCC)ncnc1-c1cccc2c1OCC2. The van der Waals surface area contributed by atoms with E-state index < -0.39 is 0 Å². The van der Waals surface area contributed by atoms with Crippen LogP contribution < -0.4 is 10.1 Å². The zero-order valence-electron chi connectivity index (χ0n) is 12.6. The van der Waals surface area contributed by atoms with Crippen LogP contribution in [0.3, 0.4) is 0 Å². The van der Waals surface area contributed by atoms with Crippen LogP contribution in [-0.4, -0.2) is 23.1 Å². The Hall–Kier alpha value is -2.10. The fourth-order valence-corrected chi connectivity index (χ4v) is 2.85. The van der Waals surface area contributed by atoms with Crippen molar-refractivity contribution < 1.29 is 4.74 Å². The second-order valence-electron chi connectivity index (χ2n) is 5.22. The van der Waals surface area contributed by atoms with Gasteiger partial charge < -0.3 is 10.1 Å². The number of aromatic nitrogens is 2. The maximum absolute atomic E-state index is 5.84. The number of para-hydroxylation sites is 1. The molecule has 1 N–H and O–H groups in total. The van der Waals surface area contributed by atoms with Crippen LogP contribution in [0.25, 0.3) is 11.3 Å². The molecule has 0 bridgehead atoms. The van der Waals surface area contributed by atoms with E-state index in [1.165, 1.54) is 11.1 Å². The van der Waals surface area contributed by atoms with Gasteiger partial charge in [-0.15, -0.1) is 0 Å². The van der Waals surface area contributed by atoms with E-state index in [4.69, 9.17) is 4.74 Å². The lowest BCUT2D eigenvalue weighted by molar-refractivity contribution is 0.358. The molecule has 4 nitrogen and oxygen atoms in total. The van der Waals surface area contributed by atoms with Gasteiger partial charge in [0.15, 0.2) is 0 Å². The molecule has 0 saturated heterocycles. The molecule has 2 aromatic rings. The minimum Gasteiger partial charge on any atom is -0.492 e. The van der Waals surface area contributed by atoms with Crippen LogP contribution in [0, 0.1) is 0 Å². The fourth-order valence-electron chi connectivity index (χ4n) is 2.85. The molecule has 3 rings (SSSR count). The van der Waals surface area contributed by atoms with Crippen molar-refractivity contribution in [1.29, 1.82) is 0 Å². The average Bonchev–Trinajstić information content (AvgIpc) is 2.98. The molecule has 1 aromatic carbocycles. The maximum Gasteiger partial charge on any atom is 0.133 e. The lowest BCUT2D eigenvalue weighted by Gasteiger charge is -2.15. The molecule has 2 heterocycles. The lowest BCUT2D eigenvalue weighted by atomic mass is 9.99. The van der Waals surface area contributed by atoms with Gasteiger partial charge in [0.25, 0.3) is 0 Å². The molecule has 0 aliphatic carbocycles. The summed E-state index contributed by atoms with van der Waals surface area (Å²) < 4.78 is 5.84. The summed E-state index contributed by atoms with van der Waals surface area (Å²) >= 11 is 0. The van der Waals surface area contributed by atoms with E-state index in [0.29, 0.717) is 0 Å². The number of benzene rings is 1. The number of fused-ring (bicyclic) bond motifs is 1. The molecule has 0 fully saturated rings. The molecule has 0 atom stereocenters. The molecule has 0 radical (unpaired) electrons. The lowest BCUT2D eigenvalue weighted by Crippen LogP contribution is -2.06. The first-order chi connectivity index (χ1) is 10.3. The maximum atomic E-state index is 5.84. The second-order valence-corrected chi connectivity index (χ2v) is 5.22. The van der Waals surface area contributed by atoms with Gasteiger partial charge in [0, 0.05) is 24.1 Å². The summed E-state index contributed by atoms with van der Waals surface area (Å²) in [6.07, 6.45) is 4.65. The molecular formula is C17H21N3O. The molecule has 0 saturated carbocycles. The number of hydrogen-bond donors (Lipinski definition) is 1. The summed E-state index contributed by atoms with van der Waals surface area (Å²) in [5, 5.41) is 3.35. The van der Waals surface area contributed by atoms with Crippen LogP contribution in [0.2, 0.25) is 0 Å². The van der Waals surface area contributed by atoms with E-state index in [-0.39, 0.29) is 0 Å². The van der Waals surface area contributed by atoms with Crippen molar-refractivity contribution in [2.24, 2.45) is 0 Å². The van der Waals surface area contributed by atoms with E-state index in [1.54, 1.807) is 6.33 Å². The Balaban J connectivity index is 2.14. The number of anilines is 1. The number of nitrogens with zero attached hydrogens (tertiary/aromatic N) is 2. The molecule has 1 aromatic heterocycles. The number of nitrogens with one attached hydrogen (secondary N) is 1. The van der Waals surface area contributed by atoms with Crippen LogP contribution in [0.1, 0.15) is 31.4 Å². The minimum absolute atomic E-state index is 0.764. The number of rotatable bonds is 5. The summed E-state index contributed by atoms with van der Waals surface area (Å²) in [7, 11) is 0. The predicted molar refractivity (Wildman–Crippen MR) is 84.8 cm³/mol. The first-order valence-electron chi connectivity index (χ1n) is 7.68. The largest absolute Gasteiger partial charge is 0.492 e. The standard InChI is InChI=1S/C17H21N3O/c1-3-6-14-15(19-11-20-17(14)18-4-2)13-8-5-7-12-9-10-21-16(12)13/h5,7-8,11H,3-4,6,9-10H2,1-2H3,(H,18,19,20). The Morgan fingerprint density at radius 3 is 2.95 bits per heavy atom. The van der Waals surface area contributed by atoms with Crippen molar-refractivity contribution in [3.63, 3.8) is 0 Å². The number of hydrogen-bond acceptors (Lipinski definition) is 4. The van der Waals surface area contributed by atoms with E-state index in [9.17, 15) is 0 Å². The van der Waals surface area contributed by atoms with Gasteiger partial charge in [-0.1, -0.05) is 25.5 Å². The van der Waals surface area contributed by atoms with Gasteiger partial charge in [-0.05, 0) is 25.0 Å². The van der Waals surface area contributed by atoms with Gasteiger partial charge in [-0.25, -0.2) is 9.97 Å². The predicted octanol–water partition coefficient (Wildman–Crippen LogP) is 3.46. The van der Waals surface area contributed by atoms with Crippen molar-refractivity contribution >= 4 is 5.82 Å². The van der Waals surface area contributed by atoms with E-state index >= 15 is 0 Å². The van der Waals surface area contributed by atoms with Crippen molar-refractivity contribution in [2.75, 3.05) is 18.5 Å². The average molecular weight is 283 g/mol. The molecular weight excluding hydrogens is 262 g/mol. The summed E-state index contributed by atoms with van der Waals surface area (Å²) in [4.78, 5) is 8.96. The van der Waals surface area contributed by atoms with E-state index in [1.807, 2.05) is 0 Å². The molecule has 110 valence electrons. The second kappa shape index (κ2) is 6.12. The molecule has 4 heteroatoms. The topological polar surface area (TPSA) is 47.0 Å². The van der Waals surface area contributed by atoms with Crippen molar-refractivity contribution in [2.45, 2.75) is 33.1 Å². The summed E-state index contributed by atoms with van der Waals surface area (Å²) in [6, 6.07) is 6.33. The Labute approximate surface area is 125 Å². The van der Waals surface area contributed by atoms with Crippen molar-refractivity contribution in [3.8, 4) is 17.0 Å². The van der Waals surface area contributed by atoms with Gasteiger partial charge >= 0.3 is 0 Å². The Morgan fingerprint density at radius 2 is 2.14 bits per heavy atom. The molecule has 1 aliphatic heterocycles. The highest BCUT2D eigenvalue weighted by atomic mass is 16.5. The Morgan fingerprint density at radius 1 is 1.24 bits per heavy atom. The van der Waals surface area contributed by atoms with E-state index in [0.717, 1.165) is 55.2 Å². The molecule has 0 unspecified atom stereocenters. The molecule has 1 aliphatic rings. The third-order valence-corrected chi connectivity index (χ3v) is 3.76. The quantitative estimate of drug-likeness (QED) is 0.913. The van der Waals surface area contributed by atoms with Gasteiger partial charge in [0.1, 0.15) is 17.9 Å². The fraction of sp³-hybridized carbons (Fsp3) is 0.412. The zero-order chi connectivity index (χ0) is 14.7. The van der Waals surface area contributed by atoms with Crippen molar-refractivity contribution in [1.82, 2.24) is 9.97 Å². The van der Waals surface area contributed by atoms with Gasteiger partial charge in [0.2, 0.25) is 0 Å². The Kier molecular flexibility index (Phi) is 4.04. The van der Waals surface area contributed by atoms with Gasteiger partial charge in [-0.3, -0.25) is 0 Å². The van der Waals surface area contributed by atoms with Crippen LogP contribution in [0.4, 0.5) is 5.82 Å². The highest BCUT2D eigenvalue weighted by Gasteiger charge is 2.21. The third-order valence-electron chi connectivity index (χ3n) is 3.76. The Bertz CT molecular complexity index is 640. The summed E-state index contributed by atoms with van der Waals surface area (Å²) in [5.74, 6) is 1.94. The van der Waals surface area contributed by atoms with Gasteiger partial charge in [0.05, 0.1) is 12.3 Å². The zero-order valence-corrected chi connectivity index (χ0v) is 12.6. The molecule has 21 heavy (non-hydrogen) atoms. The highest BCUT2D eigenvalue weighted by molar-refractivity contribution is 5.75. The van der Waals surface area contributed by atoms with Crippen LogP contribution in [0.5, 0.6) is 5.75 Å². The summed E-state index contributed by atoms with van der Waals surface area (Å²) in [6.45, 7) is 5.89.